The first-order chi connectivity index (χ1) is 16.5. The second-order valence-electron chi connectivity index (χ2n) is 10.2. The van der Waals surface area contributed by atoms with E-state index in [0.29, 0.717) is 5.56 Å². The van der Waals surface area contributed by atoms with E-state index in [-0.39, 0.29) is 29.2 Å². The number of benzene rings is 2. The van der Waals surface area contributed by atoms with Crippen LogP contribution in [0.3, 0.4) is 0 Å². The van der Waals surface area contributed by atoms with Crippen molar-refractivity contribution in [3.63, 3.8) is 0 Å². The quantitative estimate of drug-likeness (QED) is 0.307. The molecule has 0 unspecified atom stereocenters. The standard InChI is InChI=1S/C26H25N3O6/c1-25(2,3)16-6-4-15(5-7-16)22(30)27-14-26-13-12-19(35-26)20-21(26)24(32)28(23(20)31)17-8-10-18(11-9-17)29(33)34/h4-13,19-21H,14H2,1-3H3,(H,27,30)/t19-,20+,21+,26-/m0/s1. The fourth-order valence-electron chi connectivity index (χ4n) is 5.13. The van der Waals surface area contributed by atoms with Crippen molar-refractivity contribution >= 4 is 29.1 Å². The first-order valence-electron chi connectivity index (χ1n) is 11.4. The molecule has 1 N–H and O–H groups in total. The van der Waals surface area contributed by atoms with Crippen LogP contribution in [0.4, 0.5) is 11.4 Å². The molecule has 2 saturated heterocycles. The maximum atomic E-state index is 13.4. The van der Waals surface area contributed by atoms with Crippen molar-refractivity contribution in [1.82, 2.24) is 5.32 Å². The Hall–Kier alpha value is -3.85. The maximum absolute atomic E-state index is 13.4. The van der Waals surface area contributed by atoms with E-state index in [2.05, 4.69) is 26.1 Å². The van der Waals surface area contributed by atoms with Crippen LogP contribution in [0.15, 0.2) is 60.7 Å². The van der Waals surface area contributed by atoms with Gasteiger partial charge in [0.2, 0.25) is 11.8 Å². The van der Waals surface area contributed by atoms with E-state index in [9.17, 15) is 24.5 Å². The molecule has 3 aliphatic heterocycles. The Kier molecular flexibility index (Phi) is 5.14. The van der Waals surface area contributed by atoms with Crippen LogP contribution in [0.1, 0.15) is 36.7 Å². The zero-order chi connectivity index (χ0) is 25.1. The molecule has 4 atom stereocenters. The van der Waals surface area contributed by atoms with Gasteiger partial charge in [0.05, 0.1) is 35.1 Å². The third kappa shape index (κ3) is 3.63. The second-order valence-corrected chi connectivity index (χ2v) is 10.2. The fourth-order valence-corrected chi connectivity index (χ4v) is 5.13. The van der Waals surface area contributed by atoms with Gasteiger partial charge in [0.15, 0.2) is 0 Å². The summed E-state index contributed by atoms with van der Waals surface area (Å²) in [5, 5.41) is 13.8. The summed E-state index contributed by atoms with van der Waals surface area (Å²) in [5.41, 5.74) is 0.583. The minimum atomic E-state index is -1.13. The first kappa shape index (κ1) is 22.9. The number of nitro groups is 1. The Morgan fingerprint density at radius 3 is 2.34 bits per heavy atom. The monoisotopic (exact) mass is 475 g/mol. The SMILES string of the molecule is CC(C)(C)c1ccc(C(=O)NC[C@]23C=C[C@H](O2)[C@H]2C(=O)N(c4ccc([N+](=O)[O-])cc4)C(=O)[C@@H]23)cc1. The highest BCUT2D eigenvalue weighted by Crippen LogP contribution is 2.52. The molecular formula is C26H25N3O6. The second kappa shape index (κ2) is 7.84. The van der Waals surface area contributed by atoms with Crippen LogP contribution >= 0.6 is 0 Å². The zero-order valence-electron chi connectivity index (χ0n) is 19.6. The summed E-state index contributed by atoms with van der Waals surface area (Å²) in [6.07, 6.45) is 2.95. The molecule has 3 heterocycles. The number of non-ortho nitro benzene ring substituents is 1. The molecule has 0 aromatic heterocycles. The highest BCUT2D eigenvalue weighted by Gasteiger charge is 2.67. The molecule has 3 aliphatic rings. The largest absolute Gasteiger partial charge is 0.360 e. The maximum Gasteiger partial charge on any atom is 0.269 e. The van der Waals surface area contributed by atoms with E-state index in [1.165, 1.54) is 24.3 Å². The molecule has 0 saturated carbocycles. The molecule has 2 fully saturated rings. The number of rotatable bonds is 5. The smallest absolute Gasteiger partial charge is 0.269 e. The van der Waals surface area contributed by atoms with Gasteiger partial charge in [-0.1, -0.05) is 45.1 Å². The van der Waals surface area contributed by atoms with Crippen LogP contribution in [0, 0.1) is 22.0 Å². The Bertz CT molecular complexity index is 1260. The number of carbonyl (C=O) groups excluding carboxylic acids is 3. The molecule has 0 radical (unpaired) electrons. The summed E-state index contributed by atoms with van der Waals surface area (Å²) in [6, 6.07) is 12.7. The Morgan fingerprint density at radius 1 is 1.09 bits per heavy atom. The number of anilines is 1. The van der Waals surface area contributed by atoms with Crippen molar-refractivity contribution in [1.29, 1.82) is 0 Å². The normalized spacial score (nSPS) is 26.8. The minimum absolute atomic E-state index is 0.0325. The number of carbonyl (C=O) groups is 3. The van der Waals surface area contributed by atoms with E-state index in [4.69, 9.17) is 4.74 Å². The Labute approximate surface area is 201 Å². The van der Waals surface area contributed by atoms with Crippen molar-refractivity contribution in [3.05, 3.63) is 81.9 Å². The molecule has 0 spiro atoms. The molecule has 35 heavy (non-hydrogen) atoms. The average molecular weight is 476 g/mol. The molecule has 0 aliphatic carbocycles. The molecular weight excluding hydrogens is 450 g/mol. The van der Waals surface area contributed by atoms with Gasteiger partial charge in [0, 0.05) is 17.7 Å². The van der Waals surface area contributed by atoms with Gasteiger partial charge >= 0.3 is 0 Å². The predicted octanol–water partition coefficient (Wildman–Crippen LogP) is 3.14. The van der Waals surface area contributed by atoms with Gasteiger partial charge < -0.3 is 10.1 Å². The van der Waals surface area contributed by atoms with Crippen LogP contribution in [0.2, 0.25) is 0 Å². The Balaban J connectivity index is 1.34. The van der Waals surface area contributed by atoms with Gasteiger partial charge in [-0.15, -0.1) is 0 Å². The van der Waals surface area contributed by atoms with Gasteiger partial charge in [-0.05, 0) is 35.2 Å². The highest BCUT2D eigenvalue weighted by atomic mass is 16.6. The lowest BCUT2D eigenvalue weighted by molar-refractivity contribution is -0.384. The molecule has 9 nitrogen and oxygen atoms in total. The highest BCUT2D eigenvalue weighted by molar-refractivity contribution is 6.23. The van der Waals surface area contributed by atoms with Gasteiger partial charge in [-0.2, -0.15) is 0 Å². The predicted molar refractivity (Wildman–Crippen MR) is 127 cm³/mol. The molecule has 2 aromatic rings. The van der Waals surface area contributed by atoms with Crippen LogP contribution in [0.5, 0.6) is 0 Å². The first-order valence-corrected chi connectivity index (χ1v) is 11.4. The number of fused-ring (bicyclic) bond motifs is 5. The van der Waals surface area contributed by atoms with Gasteiger partial charge in [-0.3, -0.25) is 24.5 Å². The van der Waals surface area contributed by atoms with E-state index in [0.717, 1.165) is 10.5 Å². The van der Waals surface area contributed by atoms with E-state index in [1.807, 2.05) is 12.1 Å². The van der Waals surface area contributed by atoms with E-state index >= 15 is 0 Å². The van der Waals surface area contributed by atoms with Crippen molar-refractivity contribution < 1.29 is 24.0 Å². The summed E-state index contributed by atoms with van der Waals surface area (Å²) in [4.78, 5) is 50.9. The molecule has 2 bridgehead atoms. The number of hydrogen-bond acceptors (Lipinski definition) is 6. The number of ether oxygens (including phenoxy) is 1. The van der Waals surface area contributed by atoms with E-state index < -0.39 is 40.3 Å². The van der Waals surface area contributed by atoms with Crippen LogP contribution in [-0.2, 0) is 19.7 Å². The fraction of sp³-hybridized carbons (Fsp3) is 0.346. The Morgan fingerprint density at radius 2 is 1.74 bits per heavy atom. The summed E-state index contributed by atoms with van der Waals surface area (Å²) < 4.78 is 6.07. The molecule has 5 rings (SSSR count). The lowest BCUT2D eigenvalue weighted by atomic mass is 9.77. The van der Waals surface area contributed by atoms with Crippen molar-refractivity contribution in [2.45, 2.75) is 37.9 Å². The summed E-state index contributed by atoms with van der Waals surface area (Å²) in [5.74, 6) is -2.64. The van der Waals surface area contributed by atoms with Gasteiger partial charge in [0.25, 0.3) is 11.6 Å². The topological polar surface area (TPSA) is 119 Å². The van der Waals surface area contributed by atoms with Gasteiger partial charge in [-0.25, -0.2) is 4.90 Å². The third-order valence-corrected chi connectivity index (χ3v) is 7.01. The van der Waals surface area contributed by atoms with Crippen molar-refractivity contribution in [2.24, 2.45) is 11.8 Å². The minimum Gasteiger partial charge on any atom is -0.360 e. The number of imide groups is 1. The molecule has 180 valence electrons. The third-order valence-electron chi connectivity index (χ3n) is 7.01. The van der Waals surface area contributed by atoms with Crippen LogP contribution in [-0.4, -0.2) is 40.9 Å². The molecule has 2 aromatic carbocycles. The van der Waals surface area contributed by atoms with Crippen molar-refractivity contribution in [3.8, 4) is 0 Å². The summed E-state index contributed by atoms with van der Waals surface area (Å²) >= 11 is 0. The van der Waals surface area contributed by atoms with Crippen LogP contribution < -0.4 is 10.2 Å². The van der Waals surface area contributed by atoms with Gasteiger partial charge in [0.1, 0.15) is 5.60 Å². The number of nitrogens with zero attached hydrogens (tertiary/aromatic N) is 2. The number of nitrogens with one attached hydrogen (secondary N) is 1. The summed E-state index contributed by atoms with van der Waals surface area (Å²) in [6.45, 7) is 6.32. The van der Waals surface area contributed by atoms with Crippen molar-refractivity contribution in [2.75, 3.05) is 11.4 Å². The lowest BCUT2D eigenvalue weighted by Crippen LogP contribution is -2.48. The molecule has 9 heteroatoms. The number of nitro benzene ring substituents is 1. The zero-order valence-corrected chi connectivity index (χ0v) is 19.6. The number of hydrogen-bond donors (Lipinski definition) is 1. The number of amides is 3. The lowest BCUT2D eigenvalue weighted by Gasteiger charge is -2.29. The molecule has 3 amide bonds. The van der Waals surface area contributed by atoms with Crippen LogP contribution in [0.25, 0.3) is 0 Å². The average Bonchev–Trinajstić information content (AvgIpc) is 3.47. The summed E-state index contributed by atoms with van der Waals surface area (Å²) in [7, 11) is 0. The van der Waals surface area contributed by atoms with E-state index in [1.54, 1.807) is 24.3 Å².